The number of hydrogen-bond acceptors (Lipinski definition) is 4. The summed E-state index contributed by atoms with van der Waals surface area (Å²) in [4.78, 5) is 34.0. The highest BCUT2D eigenvalue weighted by Gasteiger charge is 2.29. The van der Waals surface area contributed by atoms with Gasteiger partial charge in [0.25, 0.3) is 5.91 Å². The maximum Gasteiger partial charge on any atom is 0.252 e. The highest BCUT2D eigenvalue weighted by atomic mass is 35.5. The van der Waals surface area contributed by atoms with Gasteiger partial charge in [0.05, 0.1) is 42.4 Å². The zero-order valence-electron chi connectivity index (χ0n) is 16.2. The molecule has 1 aliphatic heterocycles. The van der Waals surface area contributed by atoms with Crippen LogP contribution in [0.4, 0.5) is 10.1 Å². The first kappa shape index (κ1) is 20.5. The Morgan fingerprint density at radius 3 is 2.71 bits per heavy atom. The SMILES string of the molecule is [C-]#[N+]c1ccc(CC(=O)N2CCn3nc(-c4ccc(F)c(Cl)c4)c(C(N)=O)c3C2)nc1. The molecule has 0 saturated carbocycles. The lowest BCUT2D eigenvalue weighted by molar-refractivity contribution is -0.132. The molecule has 0 spiro atoms. The number of primary amides is 1. The topological polar surface area (TPSA) is 98.5 Å². The highest BCUT2D eigenvalue weighted by molar-refractivity contribution is 6.31. The van der Waals surface area contributed by atoms with Gasteiger partial charge in [0.2, 0.25) is 11.6 Å². The van der Waals surface area contributed by atoms with Crippen molar-refractivity contribution in [1.82, 2.24) is 19.7 Å². The molecule has 3 heterocycles. The summed E-state index contributed by atoms with van der Waals surface area (Å²) in [5.41, 5.74) is 8.03. The van der Waals surface area contributed by atoms with Crippen LogP contribution < -0.4 is 5.73 Å². The Morgan fingerprint density at radius 2 is 2.06 bits per heavy atom. The largest absolute Gasteiger partial charge is 0.365 e. The predicted molar refractivity (Wildman–Crippen MR) is 111 cm³/mol. The van der Waals surface area contributed by atoms with Gasteiger partial charge in [-0.15, -0.1) is 0 Å². The number of nitrogens with zero attached hydrogens (tertiary/aromatic N) is 5. The van der Waals surface area contributed by atoms with Gasteiger partial charge in [-0.3, -0.25) is 19.3 Å². The van der Waals surface area contributed by atoms with Gasteiger partial charge >= 0.3 is 0 Å². The van der Waals surface area contributed by atoms with Crippen molar-refractivity contribution in [1.29, 1.82) is 0 Å². The molecule has 0 saturated heterocycles. The minimum atomic E-state index is -0.692. The molecular formula is C21H16ClFN6O2. The molecular weight excluding hydrogens is 423 g/mol. The van der Waals surface area contributed by atoms with Gasteiger partial charge in [0, 0.05) is 24.0 Å². The number of carbonyl (C=O) groups excluding carboxylic acids is 2. The van der Waals surface area contributed by atoms with Crippen molar-refractivity contribution in [2.45, 2.75) is 19.5 Å². The molecule has 10 heteroatoms. The van der Waals surface area contributed by atoms with Crippen molar-refractivity contribution >= 4 is 29.1 Å². The van der Waals surface area contributed by atoms with E-state index >= 15 is 0 Å². The number of rotatable bonds is 4. The predicted octanol–water partition coefficient (Wildman–Crippen LogP) is 2.97. The molecule has 0 radical (unpaired) electrons. The number of hydrogen-bond donors (Lipinski definition) is 1. The first-order valence-corrected chi connectivity index (χ1v) is 9.70. The first-order valence-electron chi connectivity index (χ1n) is 9.32. The fourth-order valence-electron chi connectivity index (χ4n) is 3.49. The second-order valence-corrected chi connectivity index (χ2v) is 7.41. The van der Waals surface area contributed by atoms with E-state index in [1.54, 1.807) is 21.7 Å². The number of nitrogens with two attached hydrogens (primary N) is 1. The van der Waals surface area contributed by atoms with Crippen LogP contribution in [0.15, 0.2) is 36.5 Å². The lowest BCUT2D eigenvalue weighted by Crippen LogP contribution is -2.40. The standard InChI is InChI=1S/C21H16ClFN6O2/c1-25-14-4-3-13(26-10-14)9-18(30)28-6-7-29-17(11-28)19(21(24)31)20(27-29)12-2-5-16(23)15(22)8-12/h2-5,8,10H,6-7,9,11H2,(H2,24,31). The third-order valence-electron chi connectivity index (χ3n) is 5.04. The van der Waals surface area contributed by atoms with Gasteiger partial charge in [0.1, 0.15) is 11.5 Å². The average Bonchev–Trinajstić information content (AvgIpc) is 3.15. The third-order valence-corrected chi connectivity index (χ3v) is 5.33. The molecule has 1 aromatic carbocycles. The van der Waals surface area contributed by atoms with Crippen LogP contribution in [-0.2, 0) is 24.3 Å². The van der Waals surface area contributed by atoms with Crippen molar-refractivity contribution in [2.24, 2.45) is 5.73 Å². The van der Waals surface area contributed by atoms with Crippen molar-refractivity contribution in [3.8, 4) is 11.3 Å². The van der Waals surface area contributed by atoms with Gasteiger partial charge in [-0.2, -0.15) is 5.10 Å². The summed E-state index contributed by atoms with van der Waals surface area (Å²) in [6.45, 7) is 7.89. The number of aromatic nitrogens is 3. The van der Waals surface area contributed by atoms with Crippen molar-refractivity contribution in [3.05, 3.63) is 75.7 Å². The van der Waals surface area contributed by atoms with Crippen molar-refractivity contribution < 1.29 is 14.0 Å². The van der Waals surface area contributed by atoms with E-state index in [9.17, 15) is 14.0 Å². The Morgan fingerprint density at radius 1 is 1.26 bits per heavy atom. The van der Waals surface area contributed by atoms with Gasteiger partial charge < -0.3 is 10.6 Å². The Bertz CT molecular complexity index is 1230. The molecule has 8 nitrogen and oxygen atoms in total. The average molecular weight is 439 g/mol. The molecule has 4 rings (SSSR count). The van der Waals surface area contributed by atoms with Crippen molar-refractivity contribution in [3.63, 3.8) is 0 Å². The molecule has 156 valence electrons. The summed E-state index contributed by atoms with van der Waals surface area (Å²) in [6.07, 6.45) is 1.49. The van der Waals surface area contributed by atoms with E-state index in [-0.39, 0.29) is 29.5 Å². The summed E-state index contributed by atoms with van der Waals surface area (Å²) >= 11 is 5.88. The molecule has 31 heavy (non-hydrogen) atoms. The number of amides is 2. The minimum Gasteiger partial charge on any atom is -0.365 e. The zero-order valence-corrected chi connectivity index (χ0v) is 16.9. The van der Waals surface area contributed by atoms with Crippen LogP contribution in [0.3, 0.4) is 0 Å². The Labute approximate surface area is 181 Å². The normalized spacial score (nSPS) is 12.9. The molecule has 2 amide bonds. The van der Waals surface area contributed by atoms with Crippen LogP contribution in [0.5, 0.6) is 0 Å². The monoisotopic (exact) mass is 438 g/mol. The lowest BCUT2D eigenvalue weighted by Gasteiger charge is -2.28. The summed E-state index contributed by atoms with van der Waals surface area (Å²) in [5, 5.41) is 4.38. The van der Waals surface area contributed by atoms with Gasteiger partial charge in [-0.25, -0.2) is 9.24 Å². The molecule has 0 atom stereocenters. The fraction of sp³-hybridized carbons (Fsp3) is 0.190. The Hall–Kier alpha value is -3.77. The van der Waals surface area contributed by atoms with Crippen LogP contribution in [0.2, 0.25) is 5.02 Å². The van der Waals surface area contributed by atoms with E-state index in [1.807, 2.05) is 0 Å². The quantitative estimate of drug-likeness (QED) is 0.633. The Kier molecular flexibility index (Phi) is 5.40. The number of benzene rings is 1. The van der Waals surface area contributed by atoms with Crippen LogP contribution in [-0.4, -0.2) is 38.0 Å². The first-order chi connectivity index (χ1) is 14.9. The van der Waals surface area contributed by atoms with Gasteiger partial charge in [-0.1, -0.05) is 23.7 Å². The molecule has 1 aliphatic rings. The van der Waals surface area contributed by atoms with E-state index < -0.39 is 11.7 Å². The maximum absolute atomic E-state index is 13.5. The molecule has 2 aromatic heterocycles. The van der Waals surface area contributed by atoms with Crippen LogP contribution in [0.25, 0.3) is 16.1 Å². The number of pyridine rings is 1. The molecule has 0 fully saturated rings. The molecule has 0 unspecified atom stereocenters. The van der Waals surface area contributed by atoms with Gasteiger partial charge in [0.15, 0.2) is 0 Å². The lowest BCUT2D eigenvalue weighted by atomic mass is 10.0. The van der Waals surface area contributed by atoms with Crippen molar-refractivity contribution in [2.75, 3.05) is 6.54 Å². The zero-order chi connectivity index (χ0) is 22.1. The molecule has 0 bridgehead atoms. The minimum absolute atomic E-state index is 0.0682. The van der Waals surface area contributed by atoms with E-state index in [0.717, 1.165) is 0 Å². The van der Waals surface area contributed by atoms with E-state index in [0.29, 0.717) is 41.4 Å². The van der Waals surface area contributed by atoms with Crippen LogP contribution in [0.1, 0.15) is 21.7 Å². The van der Waals surface area contributed by atoms with E-state index in [1.165, 1.54) is 24.4 Å². The Balaban J connectivity index is 1.61. The molecule has 3 aromatic rings. The highest BCUT2D eigenvalue weighted by Crippen LogP contribution is 2.30. The van der Waals surface area contributed by atoms with Gasteiger partial charge in [-0.05, 0) is 18.2 Å². The second-order valence-electron chi connectivity index (χ2n) is 7.00. The number of carbonyl (C=O) groups is 2. The summed E-state index contributed by atoms with van der Waals surface area (Å²) in [6, 6.07) is 7.31. The van der Waals surface area contributed by atoms with Crippen LogP contribution >= 0.6 is 11.6 Å². The van der Waals surface area contributed by atoms with E-state index in [4.69, 9.17) is 23.9 Å². The van der Waals surface area contributed by atoms with Crippen LogP contribution in [0, 0.1) is 12.4 Å². The smallest absolute Gasteiger partial charge is 0.252 e. The third kappa shape index (κ3) is 3.98. The number of halogens is 2. The number of fused-ring (bicyclic) bond motifs is 1. The molecule has 2 N–H and O–H groups in total. The second kappa shape index (κ2) is 8.16. The van der Waals surface area contributed by atoms with E-state index in [2.05, 4.69) is 14.9 Å². The summed E-state index contributed by atoms with van der Waals surface area (Å²) in [5.74, 6) is -1.44. The summed E-state index contributed by atoms with van der Waals surface area (Å²) < 4.78 is 15.2. The maximum atomic E-state index is 13.5. The molecule has 0 aliphatic carbocycles. The fourth-order valence-corrected chi connectivity index (χ4v) is 3.67. The summed E-state index contributed by atoms with van der Waals surface area (Å²) in [7, 11) is 0.